The van der Waals surface area contributed by atoms with Gasteiger partial charge in [-0.05, 0) is 37.1 Å². The summed E-state index contributed by atoms with van der Waals surface area (Å²) in [7, 11) is 1.56. The van der Waals surface area contributed by atoms with E-state index in [1.807, 2.05) is 20.0 Å². The van der Waals surface area contributed by atoms with Crippen molar-refractivity contribution < 1.29 is 23.8 Å². The molecule has 0 unspecified atom stereocenters. The van der Waals surface area contributed by atoms with Crippen LogP contribution in [0.1, 0.15) is 43.4 Å². The van der Waals surface area contributed by atoms with E-state index in [4.69, 9.17) is 13.9 Å². The molecule has 1 aliphatic rings. The number of aromatic nitrogens is 2. The van der Waals surface area contributed by atoms with Crippen molar-refractivity contribution in [3.05, 3.63) is 70.3 Å². The molecule has 0 bridgehead atoms. The van der Waals surface area contributed by atoms with E-state index < -0.39 is 11.9 Å². The molecule has 8 nitrogen and oxygen atoms in total. The average Bonchev–Trinajstić information content (AvgIpc) is 3.29. The predicted molar refractivity (Wildman–Crippen MR) is 121 cm³/mol. The van der Waals surface area contributed by atoms with Crippen LogP contribution in [0.2, 0.25) is 0 Å². The van der Waals surface area contributed by atoms with Gasteiger partial charge in [-0.15, -0.1) is 0 Å². The highest BCUT2D eigenvalue weighted by atomic mass is 16.5. The van der Waals surface area contributed by atoms with Crippen LogP contribution in [0.4, 0.5) is 0 Å². The second kappa shape index (κ2) is 7.81. The minimum Gasteiger partial charge on any atom is -0.507 e. The number of methoxy groups -OCH3 is 1. The number of esters is 1. The Morgan fingerprint density at radius 1 is 1.21 bits per heavy atom. The normalized spacial score (nSPS) is 15.5. The highest BCUT2D eigenvalue weighted by molar-refractivity contribution is 5.94. The van der Waals surface area contributed by atoms with Crippen molar-refractivity contribution in [2.75, 3.05) is 7.11 Å². The monoisotopic (exact) mass is 446 g/mol. The number of carbonyl (C=O) groups excluding carboxylic acids is 1. The summed E-state index contributed by atoms with van der Waals surface area (Å²) >= 11 is 0. The number of ether oxygens (including phenoxy) is 2. The molecule has 5 rings (SSSR count). The van der Waals surface area contributed by atoms with Crippen molar-refractivity contribution in [2.24, 2.45) is 0 Å². The lowest BCUT2D eigenvalue weighted by molar-refractivity contribution is -0.135. The average molecular weight is 446 g/mol. The number of aromatic hydroxyl groups is 1. The SMILES string of the molecule is COc1ccc(-c2coc3c4c(cc(O)c3c2=O)OC(=O)C[C@@H]4c2cnn(C(C)C)c2)cc1. The molecule has 1 N–H and O–H groups in total. The first kappa shape index (κ1) is 20.8. The number of hydrogen-bond acceptors (Lipinski definition) is 7. The first-order valence-electron chi connectivity index (χ1n) is 10.6. The lowest BCUT2D eigenvalue weighted by Gasteiger charge is -2.25. The van der Waals surface area contributed by atoms with Crippen molar-refractivity contribution in [1.29, 1.82) is 0 Å². The molecule has 0 aliphatic carbocycles. The lowest BCUT2D eigenvalue weighted by atomic mass is 9.86. The number of phenols is 1. The fraction of sp³-hybridized carbons (Fsp3) is 0.240. The number of fused-ring (bicyclic) bond motifs is 3. The smallest absolute Gasteiger partial charge is 0.312 e. The van der Waals surface area contributed by atoms with E-state index in [-0.39, 0.29) is 40.4 Å². The van der Waals surface area contributed by atoms with Crippen LogP contribution in [0.25, 0.3) is 22.1 Å². The molecule has 2 aromatic carbocycles. The Morgan fingerprint density at radius 2 is 1.97 bits per heavy atom. The number of carbonyl (C=O) groups is 1. The van der Waals surface area contributed by atoms with Gasteiger partial charge in [-0.25, -0.2) is 0 Å². The standard InChI is InChI=1S/C25H22N2O6/c1-13(2)27-11-15(10-26-27)17-8-21(29)33-20-9-19(28)23-24(30)18(12-32-25(23)22(17)20)14-4-6-16(31-3)7-5-14/h4-7,9-13,17,28H,8H2,1-3H3/t17-/m1/s1. The van der Waals surface area contributed by atoms with E-state index in [0.29, 0.717) is 22.4 Å². The maximum absolute atomic E-state index is 13.4. The van der Waals surface area contributed by atoms with E-state index >= 15 is 0 Å². The van der Waals surface area contributed by atoms with Crippen LogP contribution in [0.5, 0.6) is 17.2 Å². The van der Waals surface area contributed by atoms with Crippen molar-refractivity contribution in [1.82, 2.24) is 9.78 Å². The van der Waals surface area contributed by atoms with Gasteiger partial charge < -0.3 is 19.0 Å². The van der Waals surface area contributed by atoms with E-state index in [2.05, 4.69) is 5.10 Å². The Kier molecular flexibility index (Phi) is 4.92. The van der Waals surface area contributed by atoms with Crippen LogP contribution < -0.4 is 14.9 Å². The fourth-order valence-electron chi connectivity index (χ4n) is 4.20. The van der Waals surface area contributed by atoms with Crippen LogP contribution in [-0.4, -0.2) is 28.0 Å². The Morgan fingerprint density at radius 3 is 2.64 bits per heavy atom. The number of rotatable bonds is 4. The fourth-order valence-corrected chi connectivity index (χ4v) is 4.20. The van der Waals surface area contributed by atoms with Gasteiger partial charge in [0.15, 0.2) is 0 Å². The van der Waals surface area contributed by atoms with Gasteiger partial charge in [0.1, 0.15) is 34.5 Å². The van der Waals surface area contributed by atoms with E-state index in [9.17, 15) is 14.7 Å². The van der Waals surface area contributed by atoms with Crippen LogP contribution >= 0.6 is 0 Å². The Hall–Kier alpha value is -4.07. The Bertz CT molecular complexity index is 1430. The summed E-state index contributed by atoms with van der Waals surface area (Å²) in [6.45, 7) is 4.01. The summed E-state index contributed by atoms with van der Waals surface area (Å²) in [6, 6.07) is 8.44. The highest BCUT2D eigenvalue weighted by Gasteiger charge is 2.34. The zero-order chi connectivity index (χ0) is 23.3. The molecule has 0 amide bonds. The van der Waals surface area contributed by atoms with Gasteiger partial charge in [0.25, 0.3) is 0 Å². The zero-order valence-corrected chi connectivity index (χ0v) is 18.4. The third-order valence-electron chi connectivity index (χ3n) is 5.92. The topological polar surface area (TPSA) is 104 Å². The van der Waals surface area contributed by atoms with Crippen molar-refractivity contribution in [3.8, 4) is 28.4 Å². The molecule has 4 aromatic rings. The van der Waals surface area contributed by atoms with Crippen LogP contribution in [0.3, 0.4) is 0 Å². The Balaban J connectivity index is 1.72. The third kappa shape index (κ3) is 3.44. The van der Waals surface area contributed by atoms with Crippen molar-refractivity contribution in [2.45, 2.75) is 32.2 Å². The molecular formula is C25H22N2O6. The quantitative estimate of drug-likeness (QED) is 0.366. The van der Waals surface area contributed by atoms with E-state index in [1.54, 1.807) is 42.3 Å². The van der Waals surface area contributed by atoms with Gasteiger partial charge in [0.2, 0.25) is 5.43 Å². The number of benzene rings is 2. The Labute approximate surface area is 189 Å². The van der Waals surface area contributed by atoms with Gasteiger partial charge in [-0.3, -0.25) is 14.3 Å². The molecule has 0 radical (unpaired) electrons. The molecule has 3 heterocycles. The van der Waals surface area contributed by atoms with Crippen LogP contribution in [-0.2, 0) is 4.79 Å². The minimum atomic E-state index is -0.430. The van der Waals surface area contributed by atoms with Gasteiger partial charge >= 0.3 is 5.97 Å². The predicted octanol–water partition coefficient (Wildman–Crippen LogP) is 4.39. The maximum Gasteiger partial charge on any atom is 0.312 e. The summed E-state index contributed by atoms with van der Waals surface area (Å²) in [4.78, 5) is 25.7. The van der Waals surface area contributed by atoms with E-state index in [0.717, 1.165) is 5.56 Å². The van der Waals surface area contributed by atoms with Crippen molar-refractivity contribution >= 4 is 16.9 Å². The van der Waals surface area contributed by atoms with E-state index in [1.165, 1.54) is 12.3 Å². The summed E-state index contributed by atoms with van der Waals surface area (Å²) in [5, 5.41) is 15.1. The van der Waals surface area contributed by atoms with Gasteiger partial charge in [0.05, 0.1) is 25.3 Å². The lowest BCUT2D eigenvalue weighted by Crippen LogP contribution is -2.22. The van der Waals surface area contributed by atoms with Crippen LogP contribution in [0.15, 0.2) is 58.2 Å². The summed E-state index contributed by atoms with van der Waals surface area (Å²) in [5.41, 5.74) is 2.10. The molecule has 168 valence electrons. The molecule has 1 aliphatic heterocycles. The third-order valence-corrected chi connectivity index (χ3v) is 5.92. The minimum absolute atomic E-state index is 0.0428. The highest BCUT2D eigenvalue weighted by Crippen LogP contribution is 2.45. The van der Waals surface area contributed by atoms with Gasteiger partial charge in [-0.2, -0.15) is 5.10 Å². The largest absolute Gasteiger partial charge is 0.507 e. The molecular weight excluding hydrogens is 424 g/mol. The molecule has 1 atom stereocenters. The second-order valence-corrected chi connectivity index (χ2v) is 8.30. The first-order valence-corrected chi connectivity index (χ1v) is 10.6. The number of hydrogen-bond donors (Lipinski definition) is 1. The molecule has 0 spiro atoms. The van der Waals surface area contributed by atoms with Crippen molar-refractivity contribution in [3.63, 3.8) is 0 Å². The van der Waals surface area contributed by atoms with Crippen LogP contribution in [0, 0.1) is 0 Å². The second-order valence-electron chi connectivity index (χ2n) is 8.30. The number of nitrogens with zero attached hydrogens (tertiary/aromatic N) is 2. The molecule has 2 aromatic heterocycles. The molecule has 0 saturated heterocycles. The number of phenolic OH excluding ortho intramolecular Hbond substituents is 1. The maximum atomic E-state index is 13.4. The molecule has 0 fully saturated rings. The summed E-state index contributed by atoms with van der Waals surface area (Å²) in [6.07, 6.45) is 5.02. The first-order chi connectivity index (χ1) is 15.9. The van der Waals surface area contributed by atoms with Gasteiger partial charge in [-0.1, -0.05) is 12.1 Å². The molecule has 8 heteroatoms. The summed E-state index contributed by atoms with van der Waals surface area (Å²) < 4.78 is 18.3. The zero-order valence-electron chi connectivity index (χ0n) is 18.4. The molecule has 0 saturated carbocycles. The molecule has 33 heavy (non-hydrogen) atoms. The summed E-state index contributed by atoms with van der Waals surface area (Å²) in [5.74, 6) is -0.321. The van der Waals surface area contributed by atoms with Gasteiger partial charge in [0, 0.05) is 29.8 Å².